The Kier molecular flexibility index (Phi) is 5.18. The largest absolute Gasteiger partial charge is 0.384 e. The van der Waals surface area contributed by atoms with Crippen LogP contribution < -0.4 is 0 Å². The van der Waals surface area contributed by atoms with Gasteiger partial charge in [-0.3, -0.25) is 4.79 Å². The molecule has 4 nitrogen and oxygen atoms in total. The number of thiophene rings is 1. The second-order valence-corrected chi connectivity index (χ2v) is 6.13. The molecule has 0 aliphatic carbocycles. The van der Waals surface area contributed by atoms with Crippen LogP contribution in [0, 0.1) is 11.8 Å². The van der Waals surface area contributed by atoms with E-state index in [1.54, 1.807) is 0 Å². The summed E-state index contributed by atoms with van der Waals surface area (Å²) in [6.07, 6.45) is 2.15. The van der Waals surface area contributed by atoms with E-state index in [4.69, 9.17) is 5.11 Å². The zero-order valence-corrected chi connectivity index (χ0v) is 12.7. The van der Waals surface area contributed by atoms with Crippen LogP contribution in [0.15, 0.2) is 11.4 Å². The average molecular weight is 292 g/mol. The van der Waals surface area contributed by atoms with Crippen molar-refractivity contribution in [2.75, 3.05) is 33.8 Å². The average Bonchev–Trinajstić information content (AvgIpc) is 3.04. The first kappa shape index (κ1) is 15.0. The van der Waals surface area contributed by atoms with Gasteiger partial charge in [0, 0.05) is 24.5 Å². The molecule has 2 rings (SSSR count). The fourth-order valence-corrected chi connectivity index (χ4v) is 3.27. The summed E-state index contributed by atoms with van der Waals surface area (Å²) in [5.74, 6) is 5.55. The predicted molar refractivity (Wildman–Crippen MR) is 80.9 cm³/mol. The maximum atomic E-state index is 12.5. The number of carbonyl (C=O) groups excluding carboxylic acids is 1. The minimum Gasteiger partial charge on any atom is -0.384 e. The first-order valence-electron chi connectivity index (χ1n) is 6.75. The Morgan fingerprint density at radius 1 is 1.60 bits per heavy atom. The van der Waals surface area contributed by atoms with Crippen molar-refractivity contribution in [1.82, 2.24) is 9.80 Å². The second-order valence-electron chi connectivity index (χ2n) is 5.22. The van der Waals surface area contributed by atoms with Crippen molar-refractivity contribution in [1.29, 1.82) is 0 Å². The number of nitrogens with zero attached hydrogens (tertiary/aromatic N) is 2. The van der Waals surface area contributed by atoms with E-state index < -0.39 is 0 Å². The summed E-state index contributed by atoms with van der Waals surface area (Å²) in [5, 5.41) is 10.5. The Bertz CT molecular complexity index is 527. The van der Waals surface area contributed by atoms with Crippen LogP contribution in [0.25, 0.3) is 0 Å². The first-order chi connectivity index (χ1) is 9.61. The van der Waals surface area contributed by atoms with Gasteiger partial charge in [0.2, 0.25) is 0 Å². The van der Waals surface area contributed by atoms with Gasteiger partial charge in [-0.25, -0.2) is 0 Å². The van der Waals surface area contributed by atoms with E-state index in [1.165, 1.54) is 11.3 Å². The molecule has 1 N–H and O–H groups in total. The molecule has 0 spiro atoms. The number of amides is 1. The van der Waals surface area contributed by atoms with E-state index >= 15 is 0 Å². The summed E-state index contributed by atoms with van der Waals surface area (Å²) in [7, 11) is 4.07. The summed E-state index contributed by atoms with van der Waals surface area (Å²) < 4.78 is 0. The van der Waals surface area contributed by atoms with E-state index in [0.29, 0.717) is 11.6 Å². The zero-order chi connectivity index (χ0) is 14.5. The van der Waals surface area contributed by atoms with Gasteiger partial charge in [0.05, 0.1) is 10.4 Å². The summed E-state index contributed by atoms with van der Waals surface area (Å²) in [6.45, 7) is 1.59. The number of likely N-dealkylation sites (tertiary alicyclic amines) is 1. The van der Waals surface area contributed by atoms with Crippen molar-refractivity contribution >= 4 is 17.2 Å². The van der Waals surface area contributed by atoms with Crippen LogP contribution in [0.1, 0.15) is 28.1 Å². The molecular formula is C15H20N2O2S. The number of aliphatic hydroxyl groups is 1. The number of likely N-dealkylation sites (N-methyl/N-ethyl adjacent to an activating group) is 1. The molecule has 1 saturated heterocycles. The highest BCUT2D eigenvalue weighted by Crippen LogP contribution is 2.23. The van der Waals surface area contributed by atoms with Gasteiger partial charge in [0.1, 0.15) is 6.61 Å². The van der Waals surface area contributed by atoms with Gasteiger partial charge in [-0.05, 0) is 33.0 Å². The first-order valence-corrected chi connectivity index (χ1v) is 7.63. The number of hydrogen-bond acceptors (Lipinski definition) is 4. The maximum Gasteiger partial charge on any atom is 0.255 e. The second kappa shape index (κ2) is 6.89. The van der Waals surface area contributed by atoms with Crippen molar-refractivity contribution in [3.05, 3.63) is 21.9 Å². The molecule has 1 fully saturated rings. The molecular weight excluding hydrogens is 272 g/mol. The molecule has 1 atom stereocenters. The molecule has 2 heterocycles. The van der Waals surface area contributed by atoms with Gasteiger partial charge in [-0.15, -0.1) is 11.3 Å². The SMILES string of the molecule is CN(C)CC1CCCN1C(=O)c1csc(C#CCO)c1. The molecule has 1 aliphatic rings. The molecule has 1 unspecified atom stereocenters. The fraction of sp³-hybridized carbons (Fsp3) is 0.533. The number of carbonyl (C=O) groups is 1. The summed E-state index contributed by atoms with van der Waals surface area (Å²) in [6, 6.07) is 2.13. The monoisotopic (exact) mass is 292 g/mol. The number of hydrogen-bond donors (Lipinski definition) is 1. The third kappa shape index (κ3) is 3.60. The van der Waals surface area contributed by atoms with Gasteiger partial charge in [-0.2, -0.15) is 0 Å². The Balaban J connectivity index is 2.08. The van der Waals surface area contributed by atoms with Gasteiger partial charge in [-0.1, -0.05) is 11.8 Å². The third-order valence-corrected chi connectivity index (χ3v) is 4.20. The van der Waals surface area contributed by atoms with Gasteiger partial charge >= 0.3 is 0 Å². The van der Waals surface area contributed by atoms with Crippen LogP contribution in [0.4, 0.5) is 0 Å². The number of rotatable bonds is 3. The Morgan fingerprint density at radius 2 is 2.40 bits per heavy atom. The molecule has 1 aromatic rings. The van der Waals surface area contributed by atoms with Gasteiger partial charge in [0.25, 0.3) is 5.91 Å². The van der Waals surface area contributed by atoms with Crippen molar-refractivity contribution in [2.24, 2.45) is 0 Å². The molecule has 0 aromatic carbocycles. The molecule has 1 aromatic heterocycles. The zero-order valence-electron chi connectivity index (χ0n) is 11.9. The minimum atomic E-state index is -0.155. The number of aliphatic hydroxyl groups excluding tert-OH is 1. The lowest BCUT2D eigenvalue weighted by molar-refractivity contribution is 0.0717. The summed E-state index contributed by atoms with van der Waals surface area (Å²) in [5.41, 5.74) is 0.711. The highest BCUT2D eigenvalue weighted by molar-refractivity contribution is 7.10. The van der Waals surface area contributed by atoms with Gasteiger partial charge < -0.3 is 14.9 Å². The highest BCUT2D eigenvalue weighted by atomic mass is 32.1. The van der Waals surface area contributed by atoms with Crippen LogP contribution in [0.3, 0.4) is 0 Å². The van der Waals surface area contributed by atoms with Crippen LogP contribution in [-0.4, -0.2) is 60.6 Å². The Morgan fingerprint density at radius 3 is 3.10 bits per heavy atom. The summed E-state index contributed by atoms with van der Waals surface area (Å²) >= 11 is 1.45. The van der Waals surface area contributed by atoms with E-state index in [-0.39, 0.29) is 12.5 Å². The summed E-state index contributed by atoms with van der Waals surface area (Å²) in [4.78, 5) is 17.5. The molecule has 108 valence electrons. The van der Waals surface area contributed by atoms with E-state index in [1.807, 2.05) is 30.4 Å². The predicted octanol–water partition coefficient (Wildman–Crippen LogP) is 1.26. The van der Waals surface area contributed by atoms with Crippen molar-refractivity contribution in [2.45, 2.75) is 18.9 Å². The van der Waals surface area contributed by atoms with Gasteiger partial charge in [0.15, 0.2) is 0 Å². The molecule has 5 heteroatoms. The van der Waals surface area contributed by atoms with E-state index in [2.05, 4.69) is 16.7 Å². The Hall–Kier alpha value is -1.35. The highest BCUT2D eigenvalue weighted by Gasteiger charge is 2.29. The van der Waals surface area contributed by atoms with Crippen molar-refractivity contribution in [3.63, 3.8) is 0 Å². The van der Waals surface area contributed by atoms with Crippen LogP contribution in [-0.2, 0) is 0 Å². The lowest BCUT2D eigenvalue weighted by atomic mass is 10.2. The molecule has 0 bridgehead atoms. The lowest BCUT2D eigenvalue weighted by Gasteiger charge is -2.26. The molecule has 1 amide bonds. The van der Waals surface area contributed by atoms with Crippen molar-refractivity contribution in [3.8, 4) is 11.8 Å². The fourth-order valence-electron chi connectivity index (χ4n) is 2.52. The molecule has 0 radical (unpaired) electrons. The molecule has 1 aliphatic heterocycles. The Labute approximate surface area is 124 Å². The van der Waals surface area contributed by atoms with Crippen LogP contribution >= 0.6 is 11.3 Å². The third-order valence-electron chi connectivity index (χ3n) is 3.35. The van der Waals surface area contributed by atoms with Crippen LogP contribution in [0.2, 0.25) is 0 Å². The smallest absolute Gasteiger partial charge is 0.255 e. The van der Waals surface area contributed by atoms with Crippen LogP contribution in [0.5, 0.6) is 0 Å². The lowest BCUT2D eigenvalue weighted by Crippen LogP contribution is -2.41. The quantitative estimate of drug-likeness (QED) is 0.853. The topological polar surface area (TPSA) is 43.8 Å². The van der Waals surface area contributed by atoms with E-state index in [9.17, 15) is 4.79 Å². The standard InChI is InChI=1S/C15H20N2O2S/c1-16(2)10-13-5-3-7-17(13)15(19)12-9-14(20-11-12)6-4-8-18/h9,11,13,18H,3,5,7-8,10H2,1-2H3. The van der Waals surface area contributed by atoms with Crippen molar-refractivity contribution < 1.29 is 9.90 Å². The normalized spacial score (nSPS) is 18.2. The molecule has 0 saturated carbocycles. The van der Waals surface area contributed by atoms with E-state index in [0.717, 1.165) is 30.8 Å². The minimum absolute atomic E-state index is 0.0997. The maximum absolute atomic E-state index is 12.5. The molecule has 20 heavy (non-hydrogen) atoms.